The monoisotopic (exact) mass is 447 g/mol. The van der Waals surface area contributed by atoms with Crippen molar-refractivity contribution in [3.05, 3.63) is 45.7 Å². The number of alkyl halides is 6. The molecule has 0 aliphatic carbocycles. The van der Waals surface area contributed by atoms with E-state index in [2.05, 4.69) is 5.10 Å². The molecule has 1 amide bonds. The molecule has 0 bridgehead atoms. The molecule has 0 radical (unpaired) electrons. The quantitative estimate of drug-likeness (QED) is 0.503. The van der Waals surface area contributed by atoms with Crippen LogP contribution in [0.2, 0.25) is 5.02 Å². The van der Waals surface area contributed by atoms with Gasteiger partial charge in [0, 0.05) is 19.8 Å². The van der Waals surface area contributed by atoms with Crippen molar-refractivity contribution in [2.45, 2.75) is 12.4 Å². The number of benzene rings is 1. The van der Waals surface area contributed by atoms with Crippen LogP contribution in [0, 0.1) is 0 Å². The van der Waals surface area contributed by atoms with Crippen molar-refractivity contribution in [3.8, 4) is 0 Å². The lowest BCUT2D eigenvalue weighted by Gasteiger charge is -2.20. The molecule has 2 rings (SSSR count). The van der Waals surface area contributed by atoms with E-state index >= 15 is 0 Å². The van der Waals surface area contributed by atoms with E-state index in [4.69, 9.17) is 23.2 Å². The van der Waals surface area contributed by atoms with Crippen molar-refractivity contribution in [1.82, 2.24) is 9.78 Å². The number of hydrogen-bond donors (Lipinski definition) is 0. The molecule has 152 valence electrons. The smallest absolute Gasteiger partial charge is 0.310 e. The Morgan fingerprint density at radius 2 is 1.68 bits per heavy atom. The lowest BCUT2D eigenvalue weighted by Crippen LogP contribution is -2.30. The lowest BCUT2D eigenvalue weighted by molar-refractivity contribution is -0.164. The molecule has 0 atom stereocenters. The first-order valence-electron chi connectivity index (χ1n) is 7.15. The normalized spacial score (nSPS) is 12.2. The Kier molecular flexibility index (Phi) is 5.73. The molecule has 0 fully saturated rings. The molecule has 2 aromatic rings. The summed E-state index contributed by atoms with van der Waals surface area (Å²) in [5, 5.41) is 1.75. The van der Waals surface area contributed by atoms with Crippen molar-refractivity contribution in [1.29, 1.82) is 0 Å². The molecule has 13 heteroatoms. The summed E-state index contributed by atoms with van der Waals surface area (Å²) >= 11 is 11.1. The largest absolute Gasteiger partial charge is 0.435 e. The zero-order valence-corrected chi connectivity index (χ0v) is 15.4. The van der Waals surface area contributed by atoms with Crippen LogP contribution in [0.1, 0.15) is 32.1 Å². The first kappa shape index (κ1) is 22.0. The van der Waals surface area contributed by atoms with Gasteiger partial charge in [-0.1, -0.05) is 11.6 Å². The van der Waals surface area contributed by atoms with Crippen LogP contribution < -0.4 is 4.90 Å². The summed E-state index contributed by atoms with van der Waals surface area (Å²) < 4.78 is 79.0. The predicted molar refractivity (Wildman–Crippen MR) is 87.6 cm³/mol. The number of amides is 1. The predicted octanol–water partition coefficient (Wildman–Crippen LogP) is 4.77. The molecule has 1 aromatic carbocycles. The second-order valence-corrected chi connectivity index (χ2v) is 6.24. The van der Waals surface area contributed by atoms with E-state index in [9.17, 15) is 35.9 Å². The topological polar surface area (TPSA) is 55.2 Å². The van der Waals surface area contributed by atoms with Gasteiger partial charge in [0.2, 0.25) is 0 Å². The number of carbonyl (C=O) groups is 2. The molecule has 0 spiro atoms. The molecule has 0 saturated heterocycles. The van der Waals surface area contributed by atoms with Crippen LogP contribution in [-0.4, -0.2) is 28.0 Å². The first-order chi connectivity index (χ1) is 12.7. The fourth-order valence-electron chi connectivity index (χ4n) is 2.38. The van der Waals surface area contributed by atoms with Gasteiger partial charge in [-0.05, 0) is 29.8 Å². The molecule has 1 aromatic heterocycles. The van der Waals surface area contributed by atoms with Crippen LogP contribution in [0.5, 0.6) is 0 Å². The van der Waals surface area contributed by atoms with Gasteiger partial charge < -0.3 is 4.90 Å². The molecular weight excluding hydrogens is 439 g/mol. The van der Waals surface area contributed by atoms with Gasteiger partial charge in [-0.15, -0.1) is 0 Å². The van der Waals surface area contributed by atoms with E-state index in [1.54, 1.807) is 0 Å². The van der Waals surface area contributed by atoms with Gasteiger partial charge in [-0.2, -0.15) is 31.4 Å². The third kappa shape index (κ3) is 4.09. The number of nitrogens with zero attached hydrogens (tertiary/aromatic N) is 3. The molecule has 0 aliphatic rings. The van der Waals surface area contributed by atoms with E-state index in [-0.39, 0.29) is 21.0 Å². The highest BCUT2D eigenvalue weighted by atomic mass is 35.5. The highest BCUT2D eigenvalue weighted by molar-refractivity contribution is 6.68. The van der Waals surface area contributed by atoms with E-state index in [1.165, 1.54) is 6.07 Å². The van der Waals surface area contributed by atoms with Gasteiger partial charge in [0.05, 0.1) is 10.6 Å². The van der Waals surface area contributed by atoms with E-state index in [0.717, 1.165) is 26.2 Å². The Morgan fingerprint density at radius 3 is 2.14 bits per heavy atom. The van der Waals surface area contributed by atoms with Crippen LogP contribution in [0.15, 0.2) is 18.2 Å². The highest BCUT2D eigenvalue weighted by Crippen LogP contribution is 2.42. The Hall–Kier alpha value is -2.27. The third-order valence-corrected chi connectivity index (χ3v) is 4.19. The molecule has 1 heterocycles. The van der Waals surface area contributed by atoms with Crippen molar-refractivity contribution in [2.75, 3.05) is 11.9 Å². The molecule has 0 N–H and O–H groups in total. The summed E-state index contributed by atoms with van der Waals surface area (Å²) in [5.74, 6) is -1.44. The number of aryl methyl sites for hydroxylation is 1. The summed E-state index contributed by atoms with van der Waals surface area (Å²) in [6.45, 7) is 0. The van der Waals surface area contributed by atoms with Crippen molar-refractivity contribution in [2.24, 2.45) is 7.05 Å². The van der Waals surface area contributed by atoms with Crippen molar-refractivity contribution >= 4 is 40.0 Å². The number of rotatable bonds is 3. The molecule has 0 unspecified atom stereocenters. The van der Waals surface area contributed by atoms with Gasteiger partial charge in [-0.3, -0.25) is 14.3 Å². The van der Waals surface area contributed by atoms with Crippen molar-refractivity contribution in [3.63, 3.8) is 0 Å². The Morgan fingerprint density at radius 1 is 1.11 bits per heavy atom. The number of carbonyl (C=O) groups excluding carboxylic acids is 2. The Balaban J connectivity index is 2.63. The van der Waals surface area contributed by atoms with Crippen LogP contribution in [0.4, 0.5) is 32.0 Å². The minimum Gasteiger partial charge on any atom is -0.310 e. The maximum Gasteiger partial charge on any atom is 0.435 e. The van der Waals surface area contributed by atoms with E-state index in [1.807, 2.05) is 0 Å². The molecule has 0 aliphatic heterocycles. The molecule has 28 heavy (non-hydrogen) atoms. The number of halogens is 8. The minimum absolute atomic E-state index is 0.0829. The SMILES string of the molecule is CN(C(=O)c1c(C(F)(F)F)c(C(F)(F)F)nn1C)c1ccc(Cl)c(C(=O)Cl)c1. The maximum absolute atomic E-state index is 13.3. The van der Waals surface area contributed by atoms with Gasteiger partial charge in [0.25, 0.3) is 11.1 Å². The van der Waals surface area contributed by atoms with Gasteiger partial charge in [0.15, 0.2) is 5.69 Å². The summed E-state index contributed by atoms with van der Waals surface area (Å²) in [6.07, 6.45) is -10.9. The zero-order chi connectivity index (χ0) is 21.6. The Labute approximate surface area is 163 Å². The minimum atomic E-state index is -5.50. The van der Waals surface area contributed by atoms with Crippen LogP contribution in [0.25, 0.3) is 0 Å². The number of anilines is 1. The first-order valence-corrected chi connectivity index (χ1v) is 7.90. The van der Waals surface area contributed by atoms with Crippen molar-refractivity contribution < 1.29 is 35.9 Å². The van der Waals surface area contributed by atoms with Crippen LogP contribution in [-0.2, 0) is 19.4 Å². The zero-order valence-electron chi connectivity index (χ0n) is 13.9. The van der Waals surface area contributed by atoms with E-state index in [0.29, 0.717) is 4.90 Å². The second-order valence-electron chi connectivity index (χ2n) is 5.49. The molecule has 5 nitrogen and oxygen atoms in total. The lowest BCUT2D eigenvalue weighted by atomic mass is 10.1. The average Bonchev–Trinajstić information content (AvgIpc) is 2.91. The fourth-order valence-corrected chi connectivity index (χ4v) is 2.79. The number of aromatic nitrogens is 2. The Bertz CT molecular complexity index is 952. The van der Waals surface area contributed by atoms with Gasteiger partial charge in [-0.25, -0.2) is 0 Å². The molecule has 0 saturated carbocycles. The van der Waals surface area contributed by atoms with E-state index < -0.39 is 40.5 Å². The van der Waals surface area contributed by atoms with Crippen LogP contribution in [0.3, 0.4) is 0 Å². The molecular formula is C15H9Cl2F6N3O2. The fraction of sp³-hybridized carbons (Fsp3) is 0.267. The summed E-state index contributed by atoms with van der Waals surface area (Å²) in [6, 6.07) is 3.35. The highest BCUT2D eigenvalue weighted by Gasteiger charge is 2.50. The summed E-state index contributed by atoms with van der Waals surface area (Å²) in [7, 11) is 1.79. The summed E-state index contributed by atoms with van der Waals surface area (Å²) in [4.78, 5) is 24.5. The average molecular weight is 448 g/mol. The van der Waals surface area contributed by atoms with Crippen LogP contribution >= 0.6 is 23.2 Å². The standard InChI is InChI=1S/C15H9Cl2F6N3O2/c1-25(6-3-4-8(16)7(5-6)12(17)27)13(28)10-9(14(18,19)20)11(15(21,22)23)24-26(10)2/h3-5H,1-2H3. The van der Waals surface area contributed by atoms with Gasteiger partial charge >= 0.3 is 12.4 Å². The summed E-state index contributed by atoms with van der Waals surface area (Å²) in [5.41, 5.74) is -6.12. The second kappa shape index (κ2) is 7.28. The third-order valence-electron chi connectivity index (χ3n) is 3.66. The number of hydrogen-bond acceptors (Lipinski definition) is 3. The van der Waals surface area contributed by atoms with Gasteiger partial charge in [0.1, 0.15) is 11.3 Å². The maximum atomic E-state index is 13.3.